The molecule has 0 aliphatic heterocycles. The predicted molar refractivity (Wildman–Crippen MR) is 124 cm³/mol. The smallest absolute Gasteiger partial charge is 0.407 e. The lowest BCUT2D eigenvalue weighted by atomic mass is 9.98. The van der Waals surface area contributed by atoms with Gasteiger partial charge in [-0.25, -0.2) is 9.59 Å². The highest BCUT2D eigenvalue weighted by molar-refractivity contribution is 5.81. The second-order valence-corrected chi connectivity index (χ2v) is 8.13. The number of carboxylic acids is 1. The number of ether oxygens (including phenoxy) is 1. The number of carbonyl (C=O) groups excluding carboxylic acids is 1. The highest BCUT2D eigenvalue weighted by atomic mass is 16.5. The zero-order valence-electron chi connectivity index (χ0n) is 18.1. The first-order valence-electron chi connectivity index (χ1n) is 10.5. The van der Waals surface area contributed by atoms with Crippen LogP contribution in [-0.4, -0.2) is 43.9 Å². The number of nitrogens with zero attached hydrogens (tertiary/aromatic N) is 1. The molecule has 0 aromatic heterocycles. The molecule has 0 radical (unpaired) electrons. The summed E-state index contributed by atoms with van der Waals surface area (Å²) >= 11 is 0. The third-order valence-corrected chi connectivity index (χ3v) is 5.83. The summed E-state index contributed by atoms with van der Waals surface area (Å²) in [5.74, 6) is -1.18. The topological polar surface area (TPSA) is 78.9 Å². The van der Waals surface area contributed by atoms with Crippen LogP contribution < -0.4 is 10.2 Å². The quantitative estimate of drug-likeness (QED) is 0.585. The summed E-state index contributed by atoms with van der Waals surface area (Å²) in [6.45, 7) is 0.143. The molecule has 32 heavy (non-hydrogen) atoms. The number of carboxylic acid groups (broad SMARTS) is 1. The van der Waals surface area contributed by atoms with E-state index in [9.17, 15) is 14.7 Å². The normalized spacial score (nSPS) is 13.1. The van der Waals surface area contributed by atoms with Gasteiger partial charge in [0.1, 0.15) is 12.6 Å². The maximum atomic E-state index is 12.5. The van der Waals surface area contributed by atoms with E-state index < -0.39 is 18.1 Å². The Hall–Kier alpha value is -3.80. The van der Waals surface area contributed by atoms with E-state index in [1.165, 1.54) is 0 Å². The van der Waals surface area contributed by atoms with E-state index in [-0.39, 0.29) is 18.9 Å². The fraction of sp³-hybridized carbons (Fsp3) is 0.231. The second kappa shape index (κ2) is 9.14. The van der Waals surface area contributed by atoms with Crippen molar-refractivity contribution >= 4 is 17.7 Å². The lowest BCUT2D eigenvalue weighted by Crippen LogP contribution is -2.42. The average Bonchev–Trinajstić information content (AvgIpc) is 3.11. The highest BCUT2D eigenvalue weighted by Crippen LogP contribution is 2.44. The van der Waals surface area contributed by atoms with E-state index in [1.807, 2.05) is 79.7 Å². The molecule has 0 saturated carbocycles. The first-order chi connectivity index (χ1) is 15.4. The zero-order valence-corrected chi connectivity index (χ0v) is 18.1. The van der Waals surface area contributed by atoms with Crippen molar-refractivity contribution in [3.05, 3.63) is 89.5 Å². The van der Waals surface area contributed by atoms with E-state index in [2.05, 4.69) is 17.4 Å². The molecule has 2 N–H and O–H groups in total. The van der Waals surface area contributed by atoms with Gasteiger partial charge in [0.25, 0.3) is 0 Å². The highest BCUT2D eigenvalue weighted by Gasteiger charge is 2.29. The lowest BCUT2D eigenvalue weighted by molar-refractivity contribution is -0.139. The summed E-state index contributed by atoms with van der Waals surface area (Å²) in [6, 6.07) is 22.6. The number of carbonyl (C=O) groups is 2. The summed E-state index contributed by atoms with van der Waals surface area (Å²) in [5, 5.41) is 12.1. The summed E-state index contributed by atoms with van der Waals surface area (Å²) in [5.41, 5.74) is 6.34. The van der Waals surface area contributed by atoms with Crippen LogP contribution in [-0.2, 0) is 16.0 Å². The minimum absolute atomic E-state index is 0.0741. The van der Waals surface area contributed by atoms with Crippen molar-refractivity contribution < 1.29 is 19.4 Å². The van der Waals surface area contributed by atoms with Gasteiger partial charge in [0.2, 0.25) is 0 Å². The van der Waals surface area contributed by atoms with Gasteiger partial charge in [-0.05, 0) is 39.9 Å². The maximum Gasteiger partial charge on any atom is 0.407 e. The number of alkyl carbamates (subject to hydrolysis) is 1. The van der Waals surface area contributed by atoms with Crippen LogP contribution in [0.1, 0.15) is 22.6 Å². The maximum absolute atomic E-state index is 12.5. The number of hydrogen-bond acceptors (Lipinski definition) is 4. The fourth-order valence-electron chi connectivity index (χ4n) is 4.15. The molecule has 0 fully saturated rings. The van der Waals surface area contributed by atoms with E-state index in [0.29, 0.717) is 0 Å². The molecule has 3 aromatic carbocycles. The van der Waals surface area contributed by atoms with Gasteiger partial charge in [-0.3, -0.25) is 0 Å². The van der Waals surface area contributed by atoms with E-state index in [0.717, 1.165) is 33.5 Å². The summed E-state index contributed by atoms with van der Waals surface area (Å²) in [4.78, 5) is 26.2. The number of hydrogen-bond donors (Lipinski definition) is 2. The molecule has 0 bridgehead atoms. The van der Waals surface area contributed by atoms with E-state index >= 15 is 0 Å². The van der Waals surface area contributed by atoms with Gasteiger partial charge in [0.05, 0.1) is 0 Å². The van der Waals surface area contributed by atoms with Crippen LogP contribution in [0.3, 0.4) is 0 Å². The molecule has 1 aliphatic carbocycles. The molecule has 164 valence electrons. The van der Waals surface area contributed by atoms with Crippen LogP contribution in [0.25, 0.3) is 11.1 Å². The van der Waals surface area contributed by atoms with Crippen molar-refractivity contribution in [3.63, 3.8) is 0 Å². The van der Waals surface area contributed by atoms with Crippen molar-refractivity contribution in [2.24, 2.45) is 0 Å². The fourth-order valence-corrected chi connectivity index (χ4v) is 4.15. The zero-order chi connectivity index (χ0) is 22.7. The Morgan fingerprint density at radius 1 is 0.938 bits per heavy atom. The van der Waals surface area contributed by atoms with Crippen molar-refractivity contribution in [1.29, 1.82) is 0 Å². The molecular formula is C26H26N2O4. The number of amides is 1. The van der Waals surface area contributed by atoms with Crippen LogP contribution in [0, 0.1) is 0 Å². The average molecular weight is 431 g/mol. The van der Waals surface area contributed by atoms with Gasteiger partial charge in [-0.15, -0.1) is 0 Å². The number of fused-ring (bicyclic) bond motifs is 3. The molecule has 0 spiro atoms. The molecule has 1 amide bonds. The summed E-state index contributed by atoms with van der Waals surface area (Å²) in [6.07, 6.45) is -0.558. The minimum Gasteiger partial charge on any atom is -0.480 e. The monoisotopic (exact) mass is 430 g/mol. The molecule has 3 aromatic rings. The first kappa shape index (κ1) is 21.4. The summed E-state index contributed by atoms with van der Waals surface area (Å²) < 4.78 is 5.49. The Balaban J connectivity index is 1.41. The Kier molecular flexibility index (Phi) is 6.12. The van der Waals surface area contributed by atoms with Gasteiger partial charge in [0, 0.05) is 32.1 Å². The van der Waals surface area contributed by atoms with Crippen LogP contribution in [0.2, 0.25) is 0 Å². The van der Waals surface area contributed by atoms with Crippen LogP contribution in [0.5, 0.6) is 0 Å². The number of rotatable bonds is 7. The van der Waals surface area contributed by atoms with Gasteiger partial charge in [0.15, 0.2) is 0 Å². The minimum atomic E-state index is -1.10. The van der Waals surface area contributed by atoms with Crippen LogP contribution >= 0.6 is 0 Å². The van der Waals surface area contributed by atoms with E-state index in [4.69, 9.17) is 4.74 Å². The number of anilines is 1. The molecule has 0 heterocycles. The Bertz CT molecular complexity index is 1080. The molecule has 6 heteroatoms. The Morgan fingerprint density at radius 3 is 2.03 bits per heavy atom. The molecule has 6 nitrogen and oxygen atoms in total. The van der Waals surface area contributed by atoms with Crippen LogP contribution in [0.15, 0.2) is 72.8 Å². The van der Waals surface area contributed by atoms with Gasteiger partial charge in [-0.2, -0.15) is 0 Å². The third kappa shape index (κ3) is 4.44. The predicted octanol–water partition coefficient (Wildman–Crippen LogP) is 4.29. The molecular weight excluding hydrogens is 404 g/mol. The first-order valence-corrected chi connectivity index (χ1v) is 10.5. The Labute approximate surface area is 187 Å². The third-order valence-electron chi connectivity index (χ3n) is 5.83. The van der Waals surface area contributed by atoms with Crippen molar-refractivity contribution in [2.45, 2.75) is 18.4 Å². The molecule has 0 saturated heterocycles. The van der Waals surface area contributed by atoms with E-state index in [1.54, 1.807) is 0 Å². The molecule has 0 unspecified atom stereocenters. The number of nitrogens with one attached hydrogen (secondary N) is 1. The molecule has 1 aliphatic rings. The lowest BCUT2D eigenvalue weighted by Gasteiger charge is -2.18. The SMILES string of the molecule is CN(C)c1ccc(C[C@H](NC(=O)OCC2c3ccccc3-c3ccccc32)C(=O)O)cc1. The summed E-state index contributed by atoms with van der Waals surface area (Å²) in [7, 11) is 3.88. The van der Waals surface area contributed by atoms with Gasteiger partial charge < -0.3 is 20.1 Å². The van der Waals surface area contributed by atoms with Crippen molar-refractivity contribution in [3.8, 4) is 11.1 Å². The van der Waals surface area contributed by atoms with Crippen molar-refractivity contribution in [2.75, 3.05) is 25.6 Å². The standard InChI is InChI=1S/C26H26N2O4/c1-28(2)18-13-11-17(12-14-18)15-24(25(29)30)27-26(31)32-16-23-21-9-5-3-7-19(21)20-8-4-6-10-22(20)23/h3-14,23-24H,15-16H2,1-2H3,(H,27,31)(H,29,30)/t24-/m0/s1. The largest absolute Gasteiger partial charge is 0.480 e. The van der Waals surface area contributed by atoms with Gasteiger partial charge in [-0.1, -0.05) is 60.7 Å². The molecule has 4 rings (SSSR count). The molecule has 1 atom stereocenters. The number of aliphatic carboxylic acids is 1. The second-order valence-electron chi connectivity index (χ2n) is 8.13. The van der Waals surface area contributed by atoms with Crippen LogP contribution in [0.4, 0.5) is 10.5 Å². The Morgan fingerprint density at radius 2 is 1.50 bits per heavy atom. The van der Waals surface area contributed by atoms with Crippen molar-refractivity contribution in [1.82, 2.24) is 5.32 Å². The number of benzene rings is 3. The van der Waals surface area contributed by atoms with Gasteiger partial charge >= 0.3 is 12.1 Å².